The first-order valence-corrected chi connectivity index (χ1v) is 8.80. The van der Waals surface area contributed by atoms with E-state index >= 15 is 0 Å². The van der Waals surface area contributed by atoms with Gasteiger partial charge in [-0.05, 0) is 5.41 Å². The molecule has 0 aliphatic heterocycles. The molecule has 1 aromatic carbocycles. The van der Waals surface area contributed by atoms with E-state index in [0.717, 1.165) is 0 Å². The Morgan fingerprint density at radius 3 is 2.09 bits per heavy atom. The molecule has 0 saturated heterocycles. The van der Waals surface area contributed by atoms with Crippen molar-refractivity contribution in [3.05, 3.63) is 52.8 Å². The largest absolute Gasteiger partial charge is 4.00 e. The molecule has 1 aromatic rings. The summed E-state index contributed by atoms with van der Waals surface area (Å²) in [6.07, 6.45) is 7.46. The third-order valence-electron chi connectivity index (χ3n) is 3.64. The third-order valence-corrected chi connectivity index (χ3v) is 5.38. The first kappa shape index (κ1) is 28.3. The SMILES string of the molecule is CCCC1=C(C(C)(C)C)[C-]=C([SiH2]c2ccccc2)C1.[Cl-].[Cl-].[Cl-].[Ti+4]. The number of benzene rings is 1. The minimum absolute atomic E-state index is 0. The van der Waals surface area contributed by atoms with Crippen molar-refractivity contribution in [2.24, 2.45) is 5.41 Å². The fourth-order valence-corrected chi connectivity index (χ4v) is 4.53. The zero-order valence-corrected chi connectivity index (χ0v) is 19.6. The molecule has 0 atom stereocenters. The number of halogens is 3. The first-order chi connectivity index (χ1) is 9.00. The van der Waals surface area contributed by atoms with Gasteiger partial charge in [-0.3, -0.25) is 6.08 Å². The second kappa shape index (κ2) is 12.8. The van der Waals surface area contributed by atoms with Gasteiger partial charge in [-0.1, -0.05) is 82.5 Å². The molecule has 0 heterocycles. The van der Waals surface area contributed by atoms with Gasteiger partial charge < -0.3 is 37.2 Å². The quantitative estimate of drug-likeness (QED) is 0.335. The molecule has 0 radical (unpaired) electrons. The molecular formula is C18H25Cl3SiTi. The fraction of sp³-hybridized carbons (Fsp3) is 0.444. The molecule has 23 heavy (non-hydrogen) atoms. The van der Waals surface area contributed by atoms with Crippen molar-refractivity contribution in [2.75, 3.05) is 0 Å². The Bertz CT molecular complexity index is 505. The smallest absolute Gasteiger partial charge is 1.00 e. The van der Waals surface area contributed by atoms with E-state index < -0.39 is 0 Å². The molecule has 2 rings (SSSR count). The molecule has 0 bridgehead atoms. The Labute approximate surface area is 177 Å². The van der Waals surface area contributed by atoms with Crippen LogP contribution in [-0.2, 0) is 21.7 Å². The summed E-state index contributed by atoms with van der Waals surface area (Å²) in [5, 5.41) is 3.13. The zero-order chi connectivity index (χ0) is 13.9. The number of allylic oxidation sites excluding steroid dienone is 4. The van der Waals surface area contributed by atoms with Crippen molar-refractivity contribution in [3.63, 3.8) is 0 Å². The van der Waals surface area contributed by atoms with Crippen LogP contribution < -0.4 is 42.4 Å². The summed E-state index contributed by atoms with van der Waals surface area (Å²) in [7, 11) is -0.310. The van der Waals surface area contributed by atoms with Crippen LogP contribution in [0, 0.1) is 11.5 Å². The van der Waals surface area contributed by atoms with Gasteiger partial charge in [0.15, 0.2) is 0 Å². The molecule has 0 spiro atoms. The average Bonchev–Trinajstić information content (AvgIpc) is 2.74. The van der Waals surface area contributed by atoms with Crippen LogP contribution in [0.5, 0.6) is 0 Å². The monoisotopic (exact) mass is 422 g/mol. The maximum absolute atomic E-state index is 3.77. The van der Waals surface area contributed by atoms with E-state index in [9.17, 15) is 0 Å². The van der Waals surface area contributed by atoms with Crippen molar-refractivity contribution in [2.45, 2.75) is 47.0 Å². The molecule has 0 aromatic heterocycles. The van der Waals surface area contributed by atoms with Crippen molar-refractivity contribution < 1.29 is 58.9 Å². The Kier molecular flexibility index (Phi) is 15.8. The van der Waals surface area contributed by atoms with E-state index in [4.69, 9.17) is 0 Å². The summed E-state index contributed by atoms with van der Waals surface area (Å²) in [6.45, 7) is 9.23. The Morgan fingerprint density at radius 2 is 1.61 bits per heavy atom. The van der Waals surface area contributed by atoms with E-state index in [1.165, 1.54) is 30.0 Å². The fourth-order valence-electron chi connectivity index (χ4n) is 2.84. The van der Waals surface area contributed by atoms with Crippen molar-refractivity contribution in [3.8, 4) is 0 Å². The minimum atomic E-state index is -0.310. The van der Waals surface area contributed by atoms with Crippen molar-refractivity contribution in [1.82, 2.24) is 0 Å². The second-order valence-corrected chi connectivity index (χ2v) is 8.57. The van der Waals surface area contributed by atoms with Crippen molar-refractivity contribution >= 4 is 14.7 Å². The van der Waals surface area contributed by atoms with Crippen LogP contribution in [-0.4, -0.2) is 9.52 Å². The average molecular weight is 424 g/mol. The number of hydrogen-bond donors (Lipinski definition) is 0. The van der Waals surface area contributed by atoms with E-state index in [0.29, 0.717) is 0 Å². The van der Waals surface area contributed by atoms with E-state index in [2.05, 4.69) is 64.1 Å². The summed E-state index contributed by atoms with van der Waals surface area (Å²) in [5.41, 5.74) is 3.39. The van der Waals surface area contributed by atoms with Crippen molar-refractivity contribution in [1.29, 1.82) is 0 Å². The maximum atomic E-state index is 3.77. The Morgan fingerprint density at radius 1 is 1.04 bits per heavy atom. The molecule has 0 N–H and O–H groups in total. The molecular weight excluding hydrogens is 399 g/mol. The van der Waals surface area contributed by atoms with E-state index in [1.807, 2.05) is 0 Å². The number of hydrogen-bond acceptors (Lipinski definition) is 0. The topological polar surface area (TPSA) is 0 Å². The molecule has 126 valence electrons. The summed E-state index contributed by atoms with van der Waals surface area (Å²) in [4.78, 5) is 0. The van der Waals surface area contributed by atoms with Crippen LogP contribution in [0.1, 0.15) is 47.0 Å². The maximum Gasteiger partial charge on any atom is 4.00 e. The molecule has 0 unspecified atom stereocenters. The third kappa shape index (κ3) is 8.43. The summed E-state index contributed by atoms with van der Waals surface area (Å²) in [5.74, 6) is 0. The predicted octanol–water partition coefficient (Wildman–Crippen LogP) is -5.28. The van der Waals surface area contributed by atoms with E-state index in [1.54, 1.807) is 10.8 Å². The number of rotatable bonds is 4. The van der Waals surface area contributed by atoms with Crippen LogP contribution in [0.25, 0.3) is 0 Å². The summed E-state index contributed by atoms with van der Waals surface area (Å²) < 4.78 is 0. The van der Waals surface area contributed by atoms with Gasteiger partial charge in [0.25, 0.3) is 0 Å². The minimum Gasteiger partial charge on any atom is -1.00 e. The second-order valence-electron chi connectivity index (χ2n) is 6.55. The van der Waals surface area contributed by atoms with Crippen LogP contribution in [0.2, 0.25) is 0 Å². The Hall–Kier alpha value is 0.501. The van der Waals surface area contributed by atoms with Gasteiger partial charge in [0.2, 0.25) is 0 Å². The standard InChI is InChI=1S/C18H25Si.3ClH.Ti/c1-5-9-14-12-16(13-17(14)18(2,3)4)19-15-10-7-6-8-11-15;;;;/h6-8,10-11H,5,9,12,19H2,1-4H3;3*1H;/q-1;;;;+4/p-3. The van der Waals surface area contributed by atoms with Crippen LogP contribution in [0.3, 0.4) is 0 Å². The molecule has 0 nitrogen and oxygen atoms in total. The van der Waals surface area contributed by atoms with Gasteiger partial charge in [0.1, 0.15) is 0 Å². The van der Waals surface area contributed by atoms with Gasteiger partial charge in [-0.2, -0.15) is 5.20 Å². The predicted molar refractivity (Wildman–Crippen MR) is 87.4 cm³/mol. The Balaban J connectivity index is -0.000001000. The van der Waals surface area contributed by atoms with Gasteiger partial charge in [0, 0.05) is 0 Å². The van der Waals surface area contributed by atoms with Crippen LogP contribution in [0.15, 0.2) is 46.7 Å². The van der Waals surface area contributed by atoms with Gasteiger partial charge >= 0.3 is 21.7 Å². The summed E-state index contributed by atoms with van der Waals surface area (Å²) in [6, 6.07) is 11.0. The van der Waals surface area contributed by atoms with Crippen LogP contribution in [0.4, 0.5) is 0 Å². The normalized spacial score (nSPS) is 13.7. The van der Waals surface area contributed by atoms with Crippen LogP contribution >= 0.6 is 0 Å². The summed E-state index contributed by atoms with van der Waals surface area (Å²) >= 11 is 0. The van der Waals surface area contributed by atoms with Gasteiger partial charge in [-0.15, -0.1) is 0 Å². The zero-order valence-electron chi connectivity index (χ0n) is 14.3. The van der Waals surface area contributed by atoms with Gasteiger partial charge in [-0.25, -0.2) is 11.1 Å². The van der Waals surface area contributed by atoms with E-state index in [-0.39, 0.29) is 73.9 Å². The first-order valence-electron chi connectivity index (χ1n) is 7.39. The molecule has 1 aliphatic rings. The van der Waals surface area contributed by atoms with Gasteiger partial charge in [0.05, 0.1) is 9.52 Å². The molecule has 1 aliphatic carbocycles. The molecule has 5 heteroatoms. The molecule has 0 saturated carbocycles. The molecule has 0 fully saturated rings. The molecule has 0 amide bonds.